The molecule has 0 aliphatic heterocycles. The molecule has 20 heavy (non-hydrogen) atoms. The number of nitrogens with one attached hydrogen (secondary N) is 1. The van der Waals surface area contributed by atoms with Crippen LogP contribution in [0.4, 0.5) is 10.1 Å². The zero-order valence-corrected chi connectivity index (χ0v) is 11.5. The maximum Gasteiger partial charge on any atom is 0.275 e. The molecule has 6 heteroatoms. The quantitative estimate of drug-likeness (QED) is 0.919. The molecule has 1 N–H and O–H groups in total. The molecule has 3 rings (SSSR count). The van der Waals surface area contributed by atoms with Crippen LogP contribution in [0.15, 0.2) is 29.1 Å². The number of nitrogens with zero attached hydrogens (tertiary/aromatic N) is 1. The summed E-state index contributed by atoms with van der Waals surface area (Å²) in [5.74, 6) is 0.287. The van der Waals surface area contributed by atoms with Crippen molar-refractivity contribution >= 4 is 22.9 Å². The van der Waals surface area contributed by atoms with Crippen LogP contribution in [-0.2, 0) is 0 Å². The van der Waals surface area contributed by atoms with Gasteiger partial charge in [0.2, 0.25) is 0 Å². The van der Waals surface area contributed by atoms with Crippen LogP contribution in [0, 0.1) is 11.7 Å². The highest BCUT2D eigenvalue weighted by Gasteiger charge is 2.22. The number of ether oxygens (including phenoxy) is 1. The Balaban J connectivity index is 1.75. The fourth-order valence-corrected chi connectivity index (χ4v) is 2.26. The first-order chi connectivity index (χ1) is 9.72. The lowest BCUT2D eigenvalue weighted by molar-refractivity contribution is 0.102. The van der Waals surface area contributed by atoms with Crippen molar-refractivity contribution in [3.8, 4) is 5.75 Å². The topological polar surface area (TPSA) is 51.2 Å². The van der Waals surface area contributed by atoms with Crippen molar-refractivity contribution in [1.29, 1.82) is 0 Å². The minimum absolute atomic E-state index is 0.312. The molecule has 1 heterocycles. The van der Waals surface area contributed by atoms with Gasteiger partial charge in [0.25, 0.3) is 5.91 Å². The van der Waals surface area contributed by atoms with E-state index in [2.05, 4.69) is 10.3 Å². The average Bonchev–Trinajstić information content (AvgIpc) is 3.09. The molecule has 0 unspecified atom stereocenters. The molecule has 4 nitrogen and oxygen atoms in total. The molecular weight excluding hydrogens is 279 g/mol. The van der Waals surface area contributed by atoms with Gasteiger partial charge in [0.1, 0.15) is 17.3 Å². The second-order valence-corrected chi connectivity index (χ2v) is 5.44. The molecule has 1 aliphatic rings. The summed E-state index contributed by atoms with van der Waals surface area (Å²) in [7, 11) is 0. The van der Waals surface area contributed by atoms with E-state index in [0.717, 1.165) is 0 Å². The van der Waals surface area contributed by atoms with Gasteiger partial charge in [0, 0.05) is 11.4 Å². The van der Waals surface area contributed by atoms with Gasteiger partial charge in [-0.05, 0) is 30.9 Å². The Bertz CT molecular complexity index is 612. The fraction of sp³-hybridized carbons (Fsp3) is 0.286. The van der Waals surface area contributed by atoms with E-state index in [1.165, 1.54) is 42.4 Å². The number of amides is 1. The van der Waals surface area contributed by atoms with E-state index in [1.54, 1.807) is 10.9 Å². The van der Waals surface area contributed by atoms with Gasteiger partial charge in [0.05, 0.1) is 17.8 Å². The standard InChI is InChI=1S/C14H13FN2O2S/c15-10-3-4-13(19-6-9-1-2-9)11(5-10)17-14(18)12-7-20-8-16-12/h3-5,7-9H,1-2,6H2,(H,17,18). The van der Waals surface area contributed by atoms with Crippen LogP contribution >= 0.6 is 11.3 Å². The van der Waals surface area contributed by atoms with Gasteiger partial charge in [-0.15, -0.1) is 11.3 Å². The number of benzene rings is 1. The summed E-state index contributed by atoms with van der Waals surface area (Å²) in [5.41, 5.74) is 2.22. The van der Waals surface area contributed by atoms with Crippen LogP contribution < -0.4 is 10.1 Å². The van der Waals surface area contributed by atoms with Gasteiger partial charge in [-0.1, -0.05) is 0 Å². The van der Waals surface area contributed by atoms with Gasteiger partial charge in [-0.2, -0.15) is 0 Å². The Kier molecular flexibility index (Phi) is 3.64. The molecule has 0 saturated heterocycles. The van der Waals surface area contributed by atoms with E-state index in [1.807, 2.05) is 0 Å². The monoisotopic (exact) mass is 292 g/mol. The first-order valence-electron chi connectivity index (χ1n) is 6.34. The summed E-state index contributed by atoms with van der Waals surface area (Å²) in [6.45, 7) is 0.602. The van der Waals surface area contributed by atoms with E-state index < -0.39 is 5.82 Å². The molecule has 0 atom stereocenters. The number of carbonyl (C=O) groups excluding carboxylic acids is 1. The third kappa shape index (κ3) is 3.14. The SMILES string of the molecule is O=C(Nc1cc(F)ccc1OCC1CC1)c1cscn1. The second kappa shape index (κ2) is 5.58. The molecule has 1 amide bonds. The summed E-state index contributed by atoms with van der Waals surface area (Å²) in [4.78, 5) is 15.9. The lowest BCUT2D eigenvalue weighted by Crippen LogP contribution is -2.13. The van der Waals surface area contributed by atoms with Crippen LogP contribution in [0.2, 0.25) is 0 Å². The number of halogens is 1. The lowest BCUT2D eigenvalue weighted by Gasteiger charge is -2.12. The van der Waals surface area contributed by atoms with Crippen LogP contribution in [0.5, 0.6) is 5.75 Å². The number of aromatic nitrogens is 1. The number of hydrogen-bond acceptors (Lipinski definition) is 4. The number of rotatable bonds is 5. The van der Waals surface area contributed by atoms with Crippen molar-refractivity contribution < 1.29 is 13.9 Å². The molecule has 0 radical (unpaired) electrons. The summed E-state index contributed by atoms with van der Waals surface area (Å²) < 4.78 is 19.0. The van der Waals surface area contributed by atoms with Crippen molar-refractivity contribution in [1.82, 2.24) is 4.98 Å². The first-order valence-corrected chi connectivity index (χ1v) is 7.28. The van der Waals surface area contributed by atoms with Crippen molar-refractivity contribution in [2.75, 3.05) is 11.9 Å². The highest BCUT2D eigenvalue weighted by atomic mass is 32.1. The highest BCUT2D eigenvalue weighted by molar-refractivity contribution is 7.07. The molecule has 1 aliphatic carbocycles. The van der Waals surface area contributed by atoms with Gasteiger partial charge in [-0.25, -0.2) is 9.37 Å². The van der Waals surface area contributed by atoms with Crippen molar-refractivity contribution in [3.05, 3.63) is 40.6 Å². The minimum atomic E-state index is -0.419. The van der Waals surface area contributed by atoms with Gasteiger partial charge < -0.3 is 10.1 Å². The maximum atomic E-state index is 13.3. The Morgan fingerprint density at radius 2 is 2.35 bits per heavy atom. The summed E-state index contributed by atoms with van der Waals surface area (Å²) in [6, 6.07) is 4.11. The molecule has 0 spiro atoms. The predicted octanol–water partition coefficient (Wildman–Crippen LogP) is 3.32. The van der Waals surface area contributed by atoms with Gasteiger partial charge >= 0.3 is 0 Å². The molecular formula is C14H13FN2O2S. The van der Waals surface area contributed by atoms with Crippen molar-refractivity contribution in [3.63, 3.8) is 0 Å². The molecule has 0 bridgehead atoms. The third-order valence-corrected chi connectivity index (χ3v) is 3.61. The van der Waals surface area contributed by atoms with Crippen molar-refractivity contribution in [2.24, 2.45) is 5.92 Å². The highest BCUT2D eigenvalue weighted by Crippen LogP contribution is 2.32. The third-order valence-electron chi connectivity index (χ3n) is 3.03. The summed E-state index contributed by atoms with van der Waals surface area (Å²) >= 11 is 1.33. The smallest absolute Gasteiger partial charge is 0.275 e. The first kappa shape index (κ1) is 13.1. The molecule has 104 valence electrons. The molecule has 2 aromatic rings. The van der Waals surface area contributed by atoms with Crippen LogP contribution in [-0.4, -0.2) is 17.5 Å². The zero-order chi connectivity index (χ0) is 13.9. The normalized spacial score (nSPS) is 14.1. The molecule has 1 aromatic carbocycles. The number of thiazole rings is 1. The van der Waals surface area contributed by atoms with Crippen LogP contribution in [0.25, 0.3) is 0 Å². The zero-order valence-electron chi connectivity index (χ0n) is 10.6. The van der Waals surface area contributed by atoms with Crippen LogP contribution in [0.3, 0.4) is 0 Å². The molecule has 1 saturated carbocycles. The van der Waals surface area contributed by atoms with E-state index in [4.69, 9.17) is 4.74 Å². The largest absolute Gasteiger partial charge is 0.491 e. The predicted molar refractivity (Wildman–Crippen MR) is 74.7 cm³/mol. The number of anilines is 1. The molecule has 1 aromatic heterocycles. The Morgan fingerprint density at radius 1 is 1.50 bits per heavy atom. The minimum Gasteiger partial charge on any atom is -0.491 e. The number of hydrogen-bond donors (Lipinski definition) is 1. The average molecular weight is 292 g/mol. The second-order valence-electron chi connectivity index (χ2n) is 4.72. The van der Waals surface area contributed by atoms with Gasteiger partial charge in [0.15, 0.2) is 0 Å². The van der Waals surface area contributed by atoms with E-state index in [9.17, 15) is 9.18 Å². The Morgan fingerprint density at radius 3 is 3.05 bits per heavy atom. The van der Waals surface area contributed by atoms with Crippen LogP contribution in [0.1, 0.15) is 23.3 Å². The summed E-state index contributed by atoms with van der Waals surface area (Å²) in [5, 5.41) is 4.28. The maximum absolute atomic E-state index is 13.3. The number of carbonyl (C=O) groups is 1. The van der Waals surface area contributed by atoms with E-state index in [-0.39, 0.29) is 5.91 Å². The Hall–Kier alpha value is -1.95. The van der Waals surface area contributed by atoms with E-state index in [0.29, 0.717) is 29.7 Å². The fourth-order valence-electron chi connectivity index (χ4n) is 1.73. The lowest BCUT2D eigenvalue weighted by atomic mass is 10.2. The van der Waals surface area contributed by atoms with Crippen molar-refractivity contribution in [2.45, 2.75) is 12.8 Å². The van der Waals surface area contributed by atoms with Gasteiger partial charge in [-0.3, -0.25) is 4.79 Å². The van der Waals surface area contributed by atoms with E-state index >= 15 is 0 Å². The Labute approximate surface area is 119 Å². The molecule has 1 fully saturated rings. The summed E-state index contributed by atoms with van der Waals surface area (Å²) in [6.07, 6.45) is 2.34.